The zero-order valence-electron chi connectivity index (χ0n) is 67.9. The third kappa shape index (κ3) is 18.6. The van der Waals surface area contributed by atoms with Crippen LogP contribution < -0.4 is 38.9 Å². The minimum absolute atomic E-state index is 0.0651. The molecule has 12 heterocycles. The van der Waals surface area contributed by atoms with Gasteiger partial charge < -0.3 is 10.5 Å². The molecule has 0 spiro atoms. The first-order chi connectivity index (χ1) is 57.2. The van der Waals surface area contributed by atoms with E-state index in [1.54, 1.807) is 68.6 Å². The summed E-state index contributed by atoms with van der Waals surface area (Å²) in [6.07, 6.45) is 15.0. The fraction of sp³-hybridized carbons (Fsp3) is 0.333. The van der Waals surface area contributed by atoms with E-state index in [-0.39, 0.29) is 63.7 Å². The summed E-state index contributed by atoms with van der Waals surface area (Å²) in [5.74, 6) is 0.487. The van der Waals surface area contributed by atoms with E-state index in [0.717, 1.165) is 154 Å². The second-order valence-corrected chi connectivity index (χ2v) is 30.4. The fourth-order valence-corrected chi connectivity index (χ4v) is 16.5. The molecule has 12 aromatic heterocycles. The van der Waals surface area contributed by atoms with Gasteiger partial charge in [-0.2, -0.15) is 13.2 Å². The van der Waals surface area contributed by atoms with Crippen LogP contribution in [0.4, 0.5) is 13.2 Å². The molecule has 624 valence electrons. The summed E-state index contributed by atoms with van der Waals surface area (Å²) in [4.78, 5) is 106. The zero-order valence-corrected chi connectivity index (χ0v) is 71.7. The van der Waals surface area contributed by atoms with Crippen LogP contribution in [0.15, 0.2) is 170 Å². The van der Waals surface area contributed by atoms with Crippen LogP contribution in [0.25, 0.3) is 112 Å². The van der Waals surface area contributed by atoms with E-state index in [1.807, 2.05) is 92.1 Å². The number of nitrogens with zero attached hydrogens (tertiary/aromatic N) is 12. The first kappa shape index (κ1) is 88.9. The lowest BCUT2D eigenvalue weighted by Crippen LogP contribution is -2.21. The number of halogens is 8. The minimum Gasteiger partial charge on any atom is -0.481 e. The number of methoxy groups -OCH3 is 1. The molecule has 0 saturated heterocycles. The lowest BCUT2D eigenvalue weighted by Gasteiger charge is -2.17. The Hall–Kier alpha value is -10.9. The number of imidazole rings is 5. The van der Waals surface area contributed by atoms with E-state index in [0.29, 0.717) is 77.4 Å². The number of ether oxygens (including phenoxy) is 1. The van der Waals surface area contributed by atoms with Crippen LogP contribution in [-0.4, -0.2) is 89.8 Å². The van der Waals surface area contributed by atoms with E-state index >= 15 is 0 Å². The van der Waals surface area contributed by atoms with Gasteiger partial charge in [-0.1, -0.05) is 200 Å². The molecule has 0 fully saturated rings. The predicted molar refractivity (Wildman–Crippen MR) is 472 cm³/mol. The lowest BCUT2D eigenvalue weighted by atomic mass is 10.0. The number of aromatic amines is 5. The number of aromatic nitrogens is 17. The van der Waals surface area contributed by atoms with Crippen molar-refractivity contribution >= 4 is 114 Å². The highest BCUT2D eigenvalue weighted by Gasteiger charge is 2.32. The van der Waals surface area contributed by atoms with E-state index < -0.39 is 11.7 Å². The Kier molecular flexibility index (Phi) is 29.3. The quantitative estimate of drug-likeness (QED) is 0.0368. The number of pyridine rings is 7. The number of fused-ring (bicyclic) bond motifs is 5. The molecule has 7 N–H and O–H groups in total. The average molecular weight is 1720 g/mol. The highest BCUT2D eigenvalue weighted by Crippen LogP contribution is 2.42. The standard InChI is InChI=1S/C18H17ClF3N3O.C18H21ClN4O.C18H20ClN3O.C17H19ClN4O2.C16H17ClN4O/c1-3-12(4-2)25-15-14(13(19)9-23-16(15)24-17(25)26)10-5-7-11(8-6-10)18(20,21)22;1-3-13(4-2)23-16-15(12-7-5-11(9-20)6-8-12)14(19)10-21-17(16)22-18(23)24;1-4-13(5-2)22-16-15(12-8-6-7-11(3)9-12)14(19)10-20-17(16)21-18(22)23;1-4-11(5-2)22-15-14(10-6-7-19-13(8-10)24-3)12(18)9-20-16(15)21-17(22)23;1-3-10(4-2)21-14-13(12-7-5-6-8-18-12)11(17)9-19-15(14)20-16(21)22/h5-9,12H,3-4H2,1-2H3,(H,23,24,26);5-8,10,13H,3-4,9,20H2,1-2H3,(H,21,22,24);6-10,13H,4-5H2,1-3H3,(H,20,21,23);6-9,11H,4-5H2,1-3H3,(H,20,21,23);5-10H,3-4H2,1-2H3,(H,19,20,22). The van der Waals surface area contributed by atoms with E-state index in [2.05, 4.69) is 121 Å². The Bertz CT molecular complexity index is 6370. The fourth-order valence-electron chi connectivity index (χ4n) is 15.3. The number of rotatable bonds is 22. The molecule has 15 rings (SSSR count). The average Bonchev–Trinajstić information content (AvgIpc) is 1.65. The lowest BCUT2D eigenvalue weighted by molar-refractivity contribution is -0.137. The number of alkyl halides is 3. The molecule has 0 radical (unpaired) electrons. The smallest absolute Gasteiger partial charge is 0.416 e. The van der Waals surface area contributed by atoms with Crippen LogP contribution in [0, 0.1) is 6.92 Å². The zero-order chi connectivity index (χ0) is 85.8. The van der Waals surface area contributed by atoms with Crippen LogP contribution in [0.2, 0.25) is 25.1 Å². The molecular formula is C87H94Cl5F3N18O6. The molecule has 0 bridgehead atoms. The maximum atomic E-state index is 12.8. The van der Waals surface area contributed by atoms with E-state index in [9.17, 15) is 37.1 Å². The molecule has 3 aromatic carbocycles. The van der Waals surface area contributed by atoms with E-state index in [4.69, 9.17) is 68.5 Å². The van der Waals surface area contributed by atoms with Crippen molar-refractivity contribution in [1.29, 1.82) is 0 Å². The summed E-state index contributed by atoms with van der Waals surface area (Å²) in [7, 11) is 1.56. The monoisotopic (exact) mass is 1720 g/mol. The second kappa shape index (κ2) is 39.3. The normalized spacial score (nSPS) is 11.6. The molecule has 15 aromatic rings. The van der Waals surface area contributed by atoms with Gasteiger partial charge in [0.2, 0.25) is 5.88 Å². The minimum atomic E-state index is -4.42. The number of nitrogens with one attached hydrogen (secondary N) is 5. The summed E-state index contributed by atoms with van der Waals surface area (Å²) < 4.78 is 52.4. The van der Waals surface area contributed by atoms with Gasteiger partial charge in [0.15, 0.2) is 28.2 Å². The van der Waals surface area contributed by atoms with Crippen molar-refractivity contribution in [2.24, 2.45) is 5.73 Å². The Labute approximate surface area is 708 Å². The molecule has 0 aliphatic heterocycles. The molecular weight excluding hydrogens is 1630 g/mol. The maximum absolute atomic E-state index is 12.8. The summed E-state index contributed by atoms with van der Waals surface area (Å²) in [5.41, 5.74) is 20.0. The van der Waals surface area contributed by atoms with Crippen LogP contribution in [0.3, 0.4) is 0 Å². The first-order valence-corrected chi connectivity index (χ1v) is 41.5. The molecule has 0 amide bonds. The summed E-state index contributed by atoms with van der Waals surface area (Å²) in [5, 5.41) is 2.33. The topological polar surface area (TPSA) is 314 Å². The third-order valence-corrected chi connectivity index (χ3v) is 22.9. The Morgan fingerprint density at radius 1 is 0.378 bits per heavy atom. The third-order valence-electron chi connectivity index (χ3n) is 21.4. The Balaban J connectivity index is 0.000000146. The predicted octanol–water partition coefficient (Wildman–Crippen LogP) is 21.6. The van der Waals surface area contributed by atoms with Crippen molar-refractivity contribution in [2.45, 2.75) is 183 Å². The molecule has 24 nitrogen and oxygen atoms in total. The van der Waals surface area contributed by atoms with Gasteiger partial charge in [-0.15, -0.1) is 0 Å². The number of H-pyrrole nitrogens is 5. The Morgan fingerprint density at radius 3 is 1.00 bits per heavy atom. The summed E-state index contributed by atoms with van der Waals surface area (Å²) >= 11 is 32.1. The number of benzene rings is 3. The summed E-state index contributed by atoms with van der Waals surface area (Å²) in [6, 6.07) is 30.4. The van der Waals surface area contributed by atoms with Crippen molar-refractivity contribution in [1.82, 2.24) is 82.6 Å². The van der Waals surface area contributed by atoms with Gasteiger partial charge in [-0.25, -0.2) is 53.9 Å². The highest BCUT2D eigenvalue weighted by molar-refractivity contribution is 6.36. The van der Waals surface area contributed by atoms with Gasteiger partial charge in [-0.3, -0.25) is 52.7 Å². The number of hydrogen-bond donors (Lipinski definition) is 6. The largest absolute Gasteiger partial charge is 0.481 e. The van der Waals surface area contributed by atoms with Crippen molar-refractivity contribution in [3.63, 3.8) is 0 Å². The van der Waals surface area contributed by atoms with Gasteiger partial charge in [0.1, 0.15) is 0 Å². The number of nitrogens with two attached hydrogens (primary N) is 1. The van der Waals surface area contributed by atoms with E-state index in [1.165, 1.54) is 18.3 Å². The molecule has 32 heteroatoms. The van der Waals surface area contributed by atoms with Crippen LogP contribution >= 0.6 is 58.0 Å². The molecule has 0 unspecified atom stereocenters. The van der Waals surface area contributed by atoms with Gasteiger partial charge in [0, 0.05) is 114 Å². The SMILES string of the molecule is CCC(CC)n1c(=O)[nH]c2ncc(Cl)c(-c3ccc(C(F)(F)F)cc3)c21.CCC(CC)n1c(=O)[nH]c2ncc(Cl)c(-c3ccc(CN)cc3)c21.CCC(CC)n1c(=O)[nH]c2ncc(Cl)c(-c3cccc(C)c3)c21.CCC(CC)n1c(=O)[nH]c2ncc(Cl)c(-c3ccccn3)c21.CCC(CC)n1c(=O)[nH]c2ncc(Cl)c(-c3ccnc(OC)c3)c21. The Morgan fingerprint density at radius 2 is 0.697 bits per heavy atom. The molecule has 119 heavy (non-hydrogen) atoms. The van der Waals surface area contributed by atoms with Crippen LogP contribution in [0.5, 0.6) is 5.88 Å². The van der Waals surface area contributed by atoms with Gasteiger partial charge in [0.05, 0.1) is 71.1 Å². The van der Waals surface area contributed by atoms with Gasteiger partial charge in [0.25, 0.3) is 0 Å². The van der Waals surface area contributed by atoms with Crippen molar-refractivity contribution in [2.75, 3.05) is 7.11 Å². The van der Waals surface area contributed by atoms with Crippen molar-refractivity contribution in [3.05, 3.63) is 241 Å². The molecule has 0 atom stereocenters. The van der Waals surface area contributed by atoms with Gasteiger partial charge in [-0.05, 0) is 129 Å². The van der Waals surface area contributed by atoms with Crippen molar-refractivity contribution in [3.8, 4) is 61.6 Å². The first-order valence-electron chi connectivity index (χ1n) is 39.6. The molecule has 0 aliphatic carbocycles. The maximum Gasteiger partial charge on any atom is 0.416 e. The van der Waals surface area contributed by atoms with Crippen molar-refractivity contribution < 1.29 is 17.9 Å². The molecule has 0 saturated carbocycles. The highest BCUT2D eigenvalue weighted by atomic mass is 35.5. The number of aryl methyl sites for hydroxylation is 1. The van der Waals surface area contributed by atoms with Crippen LogP contribution in [-0.2, 0) is 12.7 Å². The second-order valence-electron chi connectivity index (χ2n) is 28.4. The van der Waals surface area contributed by atoms with Gasteiger partial charge >= 0.3 is 34.6 Å². The van der Waals surface area contributed by atoms with Crippen LogP contribution in [0.1, 0.15) is 180 Å². The number of hydrogen-bond acceptors (Lipinski definition) is 14. The summed E-state index contributed by atoms with van der Waals surface area (Å²) in [6.45, 7) is 23.1. The molecule has 0 aliphatic rings.